The Labute approximate surface area is 192 Å². The molecule has 1 aromatic carbocycles. The van der Waals surface area contributed by atoms with Crippen molar-refractivity contribution in [2.24, 2.45) is 5.92 Å². The number of nitrogens with zero attached hydrogens (tertiary/aromatic N) is 5. The molecule has 1 saturated heterocycles. The summed E-state index contributed by atoms with van der Waals surface area (Å²) in [6.07, 6.45) is 6.90. The van der Waals surface area contributed by atoms with E-state index in [9.17, 15) is 5.26 Å². The van der Waals surface area contributed by atoms with E-state index < -0.39 is 0 Å². The molecular formula is C25H37N7. The number of rotatable bonds is 9. The van der Waals surface area contributed by atoms with E-state index >= 15 is 0 Å². The van der Waals surface area contributed by atoms with Gasteiger partial charge in [-0.25, -0.2) is 4.98 Å². The molecule has 0 saturated carbocycles. The van der Waals surface area contributed by atoms with Crippen LogP contribution < -0.4 is 15.5 Å². The van der Waals surface area contributed by atoms with Crippen molar-refractivity contribution in [3.05, 3.63) is 35.5 Å². The van der Waals surface area contributed by atoms with Crippen molar-refractivity contribution in [2.45, 2.75) is 52.5 Å². The van der Waals surface area contributed by atoms with E-state index in [4.69, 9.17) is 4.98 Å². The van der Waals surface area contributed by atoms with Gasteiger partial charge in [0.15, 0.2) is 5.82 Å². The van der Waals surface area contributed by atoms with Crippen molar-refractivity contribution >= 4 is 23.1 Å². The molecule has 2 heterocycles. The summed E-state index contributed by atoms with van der Waals surface area (Å²) in [7, 11) is 4.01. The van der Waals surface area contributed by atoms with Crippen molar-refractivity contribution in [3.63, 3.8) is 0 Å². The van der Waals surface area contributed by atoms with Gasteiger partial charge in [-0.05, 0) is 56.5 Å². The Balaban J connectivity index is 1.78. The predicted molar refractivity (Wildman–Crippen MR) is 133 cm³/mol. The first-order chi connectivity index (χ1) is 15.5. The third-order valence-corrected chi connectivity index (χ3v) is 6.54. The van der Waals surface area contributed by atoms with Crippen LogP contribution in [0.3, 0.4) is 0 Å². The van der Waals surface area contributed by atoms with Gasteiger partial charge in [-0.1, -0.05) is 32.8 Å². The van der Waals surface area contributed by atoms with E-state index in [1.807, 2.05) is 50.3 Å². The predicted octanol–water partition coefficient (Wildman–Crippen LogP) is 4.78. The first kappa shape index (κ1) is 23.8. The van der Waals surface area contributed by atoms with Gasteiger partial charge >= 0.3 is 0 Å². The quantitative estimate of drug-likeness (QED) is 0.587. The van der Waals surface area contributed by atoms with Gasteiger partial charge in [-0.3, -0.25) is 0 Å². The molecule has 2 atom stereocenters. The molecule has 1 aliphatic heterocycles. The van der Waals surface area contributed by atoms with Crippen LogP contribution in [-0.4, -0.2) is 54.6 Å². The molecule has 0 amide bonds. The zero-order chi connectivity index (χ0) is 23.1. The highest BCUT2D eigenvalue weighted by molar-refractivity contribution is 5.67. The molecule has 2 aromatic rings. The van der Waals surface area contributed by atoms with Gasteiger partial charge in [0, 0.05) is 32.4 Å². The maximum absolute atomic E-state index is 9.31. The fourth-order valence-corrected chi connectivity index (χ4v) is 4.57. The maximum atomic E-state index is 9.31. The maximum Gasteiger partial charge on any atom is 0.229 e. The Morgan fingerprint density at radius 2 is 2.09 bits per heavy atom. The van der Waals surface area contributed by atoms with Gasteiger partial charge in [0.25, 0.3) is 0 Å². The highest BCUT2D eigenvalue weighted by Gasteiger charge is 2.28. The number of piperidine rings is 1. The summed E-state index contributed by atoms with van der Waals surface area (Å²) in [6, 6.07) is 8.58. The fourth-order valence-electron chi connectivity index (χ4n) is 4.57. The van der Waals surface area contributed by atoms with Crippen molar-refractivity contribution in [3.8, 4) is 6.07 Å². The SMILES string of the molecule is CC[C@@H](CNc1nc(Nc2ccc(C)c(C#N)c2)ncc1N(C)C)[C@H]1CCCCN1CC. The second-order valence-electron chi connectivity index (χ2n) is 8.83. The monoisotopic (exact) mass is 435 g/mol. The van der Waals surface area contributed by atoms with Crippen molar-refractivity contribution in [2.75, 3.05) is 49.3 Å². The lowest BCUT2D eigenvalue weighted by molar-refractivity contribution is 0.108. The highest BCUT2D eigenvalue weighted by Crippen LogP contribution is 2.28. The minimum absolute atomic E-state index is 0.520. The summed E-state index contributed by atoms with van der Waals surface area (Å²) in [4.78, 5) is 14.0. The average molecular weight is 436 g/mol. The Hall–Kier alpha value is -2.85. The van der Waals surface area contributed by atoms with Gasteiger partial charge < -0.3 is 20.4 Å². The Morgan fingerprint density at radius 1 is 1.28 bits per heavy atom. The molecule has 0 spiro atoms. The number of nitrogens with one attached hydrogen (secondary N) is 2. The van der Waals surface area contributed by atoms with Crippen LogP contribution in [0.5, 0.6) is 0 Å². The first-order valence-electron chi connectivity index (χ1n) is 11.8. The number of aryl methyl sites for hydroxylation is 1. The van der Waals surface area contributed by atoms with Crippen molar-refractivity contribution < 1.29 is 0 Å². The number of aromatic nitrogens is 2. The summed E-state index contributed by atoms with van der Waals surface area (Å²) >= 11 is 0. The standard InChI is InChI=1S/C25H37N7/c1-6-19(22-10-8-9-13-32(22)7-2)16-27-24-23(31(4)5)17-28-25(30-24)29-21-12-11-18(3)20(14-21)15-26/h11-12,14,17,19,22H,6-10,13,16H2,1-5H3,(H2,27,28,29,30)/t19-,22+/m0/s1. The third-order valence-electron chi connectivity index (χ3n) is 6.54. The van der Waals surface area contributed by atoms with E-state index in [0.717, 1.165) is 42.3 Å². The minimum atomic E-state index is 0.520. The first-order valence-corrected chi connectivity index (χ1v) is 11.8. The van der Waals surface area contributed by atoms with Gasteiger partial charge in [-0.2, -0.15) is 10.2 Å². The summed E-state index contributed by atoms with van der Waals surface area (Å²) in [5.41, 5.74) is 3.38. The molecule has 1 fully saturated rings. The fraction of sp³-hybridized carbons (Fsp3) is 0.560. The average Bonchev–Trinajstić information content (AvgIpc) is 2.81. The lowest BCUT2D eigenvalue weighted by Crippen LogP contribution is -2.45. The smallest absolute Gasteiger partial charge is 0.229 e. The Morgan fingerprint density at radius 3 is 2.78 bits per heavy atom. The van der Waals surface area contributed by atoms with Crippen LogP contribution in [0.2, 0.25) is 0 Å². The molecule has 3 rings (SSSR count). The van der Waals surface area contributed by atoms with Gasteiger partial charge in [0.05, 0.1) is 23.5 Å². The molecule has 7 nitrogen and oxygen atoms in total. The molecule has 7 heteroatoms. The van der Waals surface area contributed by atoms with Crippen LogP contribution >= 0.6 is 0 Å². The van der Waals surface area contributed by atoms with Crippen LogP contribution in [0.15, 0.2) is 24.4 Å². The lowest BCUT2D eigenvalue weighted by Gasteiger charge is -2.40. The lowest BCUT2D eigenvalue weighted by atomic mass is 9.88. The second-order valence-corrected chi connectivity index (χ2v) is 8.83. The minimum Gasteiger partial charge on any atom is -0.373 e. The molecule has 172 valence electrons. The topological polar surface area (TPSA) is 80.1 Å². The Bertz CT molecular complexity index is 934. The Kier molecular flexibility index (Phi) is 8.29. The molecule has 0 unspecified atom stereocenters. The normalized spacial score (nSPS) is 17.4. The second kappa shape index (κ2) is 11.1. The summed E-state index contributed by atoms with van der Waals surface area (Å²) in [6.45, 7) is 9.71. The molecule has 0 aliphatic carbocycles. The summed E-state index contributed by atoms with van der Waals surface area (Å²) in [5.74, 6) is 1.93. The van der Waals surface area contributed by atoms with Gasteiger partial charge in [-0.15, -0.1) is 0 Å². The molecular weight excluding hydrogens is 398 g/mol. The zero-order valence-corrected chi connectivity index (χ0v) is 20.1. The number of hydrogen-bond acceptors (Lipinski definition) is 7. The van der Waals surface area contributed by atoms with Crippen LogP contribution in [0.25, 0.3) is 0 Å². The van der Waals surface area contributed by atoms with E-state index in [2.05, 4.69) is 40.4 Å². The summed E-state index contributed by atoms with van der Waals surface area (Å²) in [5, 5.41) is 16.2. The van der Waals surface area contributed by atoms with E-state index in [-0.39, 0.29) is 0 Å². The number of nitriles is 1. The van der Waals surface area contributed by atoms with Gasteiger partial charge in [0.1, 0.15) is 0 Å². The molecule has 1 aromatic heterocycles. The molecule has 0 bridgehead atoms. The molecule has 32 heavy (non-hydrogen) atoms. The van der Waals surface area contributed by atoms with Crippen LogP contribution in [0, 0.1) is 24.2 Å². The number of likely N-dealkylation sites (tertiary alicyclic amines) is 1. The van der Waals surface area contributed by atoms with Crippen LogP contribution in [-0.2, 0) is 0 Å². The van der Waals surface area contributed by atoms with Crippen molar-refractivity contribution in [1.82, 2.24) is 14.9 Å². The van der Waals surface area contributed by atoms with E-state index in [0.29, 0.717) is 23.5 Å². The van der Waals surface area contributed by atoms with Crippen molar-refractivity contribution in [1.29, 1.82) is 5.26 Å². The third kappa shape index (κ3) is 5.68. The van der Waals surface area contributed by atoms with Gasteiger partial charge in [0.2, 0.25) is 5.95 Å². The number of benzene rings is 1. The molecule has 1 aliphatic rings. The van der Waals surface area contributed by atoms with Crippen LogP contribution in [0.1, 0.15) is 50.7 Å². The highest BCUT2D eigenvalue weighted by atomic mass is 15.2. The summed E-state index contributed by atoms with van der Waals surface area (Å²) < 4.78 is 0. The number of hydrogen-bond donors (Lipinski definition) is 2. The van der Waals surface area contributed by atoms with Crippen LogP contribution in [0.4, 0.5) is 23.1 Å². The molecule has 0 radical (unpaired) electrons. The zero-order valence-electron chi connectivity index (χ0n) is 20.1. The van der Waals surface area contributed by atoms with E-state index in [1.165, 1.54) is 25.8 Å². The number of anilines is 4. The van der Waals surface area contributed by atoms with E-state index in [1.54, 1.807) is 0 Å². The molecule has 2 N–H and O–H groups in total. The largest absolute Gasteiger partial charge is 0.373 e.